The predicted molar refractivity (Wildman–Crippen MR) is 43.6 cm³/mol. The maximum absolute atomic E-state index is 10.8. The molecule has 0 aromatic heterocycles. The molecule has 0 saturated carbocycles. The van der Waals surface area contributed by atoms with Crippen molar-refractivity contribution in [2.75, 3.05) is 19.5 Å². The van der Waals surface area contributed by atoms with Crippen LogP contribution in [0.2, 0.25) is 0 Å². The molecule has 0 spiro atoms. The van der Waals surface area contributed by atoms with E-state index in [2.05, 4.69) is 4.18 Å². The van der Waals surface area contributed by atoms with Crippen LogP contribution >= 0.6 is 12.0 Å². The first-order valence-corrected chi connectivity index (χ1v) is 4.43. The van der Waals surface area contributed by atoms with Gasteiger partial charge in [-0.1, -0.05) is 0 Å². The SMILES string of the molecule is CSOCC(=O)[C@H](O)[C@H](O)CO. The zero-order valence-electron chi connectivity index (χ0n) is 6.64. The molecule has 6 heteroatoms. The van der Waals surface area contributed by atoms with E-state index in [1.165, 1.54) is 0 Å². The molecule has 0 unspecified atom stereocenters. The van der Waals surface area contributed by atoms with E-state index in [-0.39, 0.29) is 6.61 Å². The van der Waals surface area contributed by atoms with Crippen molar-refractivity contribution in [2.24, 2.45) is 0 Å². The van der Waals surface area contributed by atoms with Crippen LogP contribution in [0, 0.1) is 0 Å². The third-order valence-electron chi connectivity index (χ3n) is 1.20. The zero-order chi connectivity index (χ0) is 9.56. The van der Waals surface area contributed by atoms with Crippen molar-refractivity contribution < 1.29 is 24.3 Å². The molecule has 3 N–H and O–H groups in total. The number of hydrogen-bond donors (Lipinski definition) is 3. The third kappa shape index (κ3) is 4.03. The molecule has 0 aliphatic carbocycles. The molecule has 2 atom stereocenters. The Hall–Kier alpha value is -0.140. The van der Waals surface area contributed by atoms with Gasteiger partial charge in [-0.25, -0.2) is 0 Å². The summed E-state index contributed by atoms with van der Waals surface area (Å²) >= 11 is 0.991. The molecule has 5 nitrogen and oxygen atoms in total. The van der Waals surface area contributed by atoms with Crippen molar-refractivity contribution in [3.8, 4) is 0 Å². The summed E-state index contributed by atoms with van der Waals surface area (Å²) in [6, 6.07) is 0. The Morgan fingerprint density at radius 2 is 2.17 bits per heavy atom. The van der Waals surface area contributed by atoms with Crippen LogP contribution in [0.3, 0.4) is 0 Å². The van der Waals surface area contributed by atoms with Crippen molar-refractivity contribution >= 4 is 17.8 Å². The average Bonchev–Trinajstić information content (AvgIpc) is 2.11. The van der Waals surface area contributed by atoms with Gasteiger partial charge in [-0.15, -0.1) is 0 Å². The van der Waals surface area contributed by atoms with E-state index in [4.69, 9.17) is 15.3 Å². The number of carbonyl (C=O) groups excluding carboxylic acids is 1. The molecule has 0 saturated heterocycles. The van der Waals surface area contributed by atoms with Crippen LogP contribution in [0.1, 0.15) is 0 Å². The van der Waals surface area contributed by atoms with E-state index < -0.39 is 24.6 Å². The summed E-state index contributed by atoms with van der Waals surface area (Å²) in [6.07, 6.45) is -1.37. The highest BCUT2D eigenvalue weighted by Crippen LogP contribution is 1.99. The number of ketones is 1. The van der Waals surface area contributed by atoms with E-state index in [0.29, 0.717) is 0 Å². The lowest BCUT2D eigenvalue weighted by Crippen LogP contribution is -2.38. The maximum Gasteiger partial charge on any atom is 0.190 e. The van der Waals surface area contributed by atoms with E-state index in [9.17, 15) is 4.79 Å². The van der Waals surface area contributed by atoms with Crippen LogP contribution < -0.4 is 0 Å². The van der Waals surface area contributed by atoms with Crippen LogP contribution in [0.25, 0.3) is 0 Å². The summed E-state index contributed by atoms with van der Waals surface area (Å²) in [4.78, 5) is 10.8. The normalized spacial score (nSPS) is 15.7. The summed E-state index contributed by atoms with van der Waals surface area (Å²) in [7, 11) is 0. The van der Waals surface area contributed by atoms with Crippen LogP contribution in [0.5, 0.6) is 0 Å². The van der Waals surface area contributed by atoms with Gasteiger partial charge in [0.1, 0.15) is 18.8 Å². The van der Waals surface area contributed by atoms with E-state index in [0.717, 1.165) is 12.0 Å². The highest BCUT2D eigenvalue weighted by molar-refractivity contribution is 7.93. The maximum atomic E-state index is 10.8. The third-order valence-corrected chi connectivity index (χ3v) is 1.55. The van der Waals surface area contributed by atoms with Crippen molar-refractivity contribution in [3.05, 3.63) is 0 Å². The fourth-order valence-corrected chi connectivity index (χ4v) is 0.751. The van der Waals surface area contributed by atoms with Crippen molar-refractivity contribution in [1.29, 1.82) is 0 Å². The highest BCUT2D eigenvalue weighted by Gasteiger charge is 2.23. The lowest BCUT2D eigenvalue weighted by atomic mass is 10.1. The first-order valence-electron chi connectivity index (χ1n) is 3.28. The Morgan fingerprint density at radius 1 is 1.58 bits per heavy atom. The van der Waals surface area contributed by atoms with Gasteiger partial charge in [0.15, 0.2) is 5.78 Å². The summed E-state index contributed by atoms with van der Waals surface area (Å²) in [6.45, 7) is -0.925. The van der Waals surface area contributed by atoms with Crippen LogP contribution in [0.15, 0.2) is 0 Å². The van der Waals surface area contributed by atoms with Gasteiger partial charge in [0.2, 0.25) is 0 Å². The molecule has 0 rings (SSSR count). The molecule has 0 aliphatic heterocycles. The largest absolute Gasteiger partial charge is 0.394 e. The van der Waals surface area contributed by atoms with Gasteiger partial charge < -0.3 is 19.5 Å². The van der Waals surface area contributed by atoms with E-state index >= 15 is 0 Å². The Bertz CT molecular complexity index is 140. The van der Waals surface area contributed by atoms with E-state index in [1.807, 2.05) is 0 Å². The van der Waals surface area contributed by atoms with Gasteiger partial charge in [0.25, 0.3) is 0 Å². The molecule has 0 aliphatic rings. The number of aliphatic hydroxyl groups is 3. The fraction of sp³-hybridized carbons (Fsp3) is 0.833. The van der Waals surface area contributed by atoms with Gasteiger partial charge in [-0.2, -0.15) is 0 Å². The summed E-state index contributed by atoms with van der Waals surface area (Å²) < 4.78 is 4.63. The summed E-state index contributed by atoms with van der Waals surface area (Å²) in [5.41, 5.74) is 0. The molecule has 0 bridgehead atoms. The fourth-order valence-electron chi connectivity index (χ4n) is 0.517. The minimum Gasteiger partial charge on any atom is -0.394 e. The highest BCUT2D eigenvalue weighted by atomic mass is 32.2. The van der Waals surface area contributed by atoms with Gasteiger partial charge in [-0.3, -0.25) is 4.79 Å². The lowest BCUT2D eigenvalue weighted by molar-refractivity contribution is -0.136. The Balaban J connectivity index is 3.75. The second-order valence-corrected chi connectivity index (χ2v) is 2.66. The minimum atomic E-state index is -1.57. The smallest absolute Gasteiger partial charge is 0.190 e. The number of aliphatic hydroxyl groups excluding tert-OH is 3. The van der Waals surface area contributed by atoms with Gasteiger partial charge in [0.05, 0.1) is 6.61 Å². The minimum absolute atomic E-state index is 0.278. The zero-order valence-corrected chi connectivity index (χ0v) is 7.45. The number of Topliss-reactive ketones (excluding diaryl/α,β-unsaturated/α-hetero) is 1. The van der Waals surface area contributed by atoms with E-state index in [1.54, 1.807) is 6.26 Å². The van der Waals surface area contributed by atoms with Crippen molar-refractivity contribution in [3.63, 3.8) is 0 Å². The average molecular weight is 196 g/mol. The Labute approximate surface area is 74.6 Å². The molecular weight excluding hydrogens is 184 g/mol. The first kappa shape index (κ1) is 11.9. The van der Waals surface area contributed by atoms with Crippen LogP contribution in [-0.2, 0) is 8.98 Å². The standard InChI is InChI=1S/C6H12O5S/c1-12-11-3-5(9)6(10)4(8)2-7/h4,6-8,10H,2-3H2,1H3/t4-,6-/m1/s1. The van der Waals surface area contributed by atoms with Gasteiger partial charge >= 0.3 is 0 Å². The Morgan fingerprint density at radius 3 is 2.58 bits per heavy atom. The first-order chi connectivity index (χ1) is 5.63. The lowest BCUT2D eigenvalue weighted by Gasteiger charge is -2.13. The molecular formula is C6H12O5S. The number of carbonyl (C=O) groups is 1. The summed E-state index contributed by atoms with van der Waals surface area (Å²) in [5, 5.41) is 26.1. The molecule has 0 aromatic rings. The molecule has 0 heterocycles. The second-order valence-electron chi connectivity index (χ2n) is 2.09. The molecule has 72 valence electrons. The topological polar surface area (TPSA) is 87.0 Å². The quantitative estimate of drug-likeness (QED) is 0.451. The monoisotopic (exact) mass is 196 g/mol. The van der Waals surface area contributed by atoms with Crippen LogP contribution in [-0.4, -0.2) is 52.8 Å². The Kier molecular flexibility index (Phi) is 6.31. The molecule has 0 amide bonds. The predicted octanol–water partition coefficient (Wildman–Crippen LogP) is -1.44. The number of hydrogen-bond acceptors (Lipinski definition) is 6. The molecule has 0 radical (unpaired) electrons. The molecule has 0 aromatic carbocycles. The summed E-state index contributed by atoms with van der Waals surface area (Å²) in [5.74, 6) is -0.647. The van der Waals surface area contributed by atoms with Crippen LogP contribution in [0.4, 0.5) is 0 Å². The van der Waals surface area contributed by atoms with Crippen molar-refractivity contribution in [1.82, 2.24) is 0 Å². The molecule has 12 heavy (non-hydrogen) atoms. The van der Waals surface area contributed by atoms with Gasteiger partial charge in [-0.05, 0) is 12.0 Å². The van der Waals surface area contributed by atoms with Crippen molar-refractivity contribution in [2.45, 2.75) is 12.2 Å². The number of rotatable bonds is 6. The molecule has 0 fully saturated rings. The van der Waals surface area contributed by atoms with Gasteiger partial charge in [0, 0.05) is 6.26 Å². The second kappa shape index (κ2) is 6.38.